The van der Waals surface area contributed by atoms with E-state index in [1.807, 2.05) is 0 Å². The van der Waals surface area contributed by atoms with Crippen molar-refractivity contribution in [2.75, 3.05) is 13.2 Å². The monoisotopic (exact) mass is 625 g/mol. The standard InChI is InChI=1S/C38H72O6/c1-5-8-10-12-17-22-26-30-37(40)43-33-35(32-42-36(39)29-25-20-11-9-6-2)44-38(41)31-27-23-19-16-14-13-15-18-21-24-28-34(4)7-3/h34-35H,5-33H2,1-4H3/t34?,35-/m1/s1. The van der Waals surface area contributed by atoms with Gasteiger partial charge in [0.05, 0.1) is 0 Å². The Balaban J connectivity index is 4.24. The highest BCUT2D eigenvalue weighted by atomic mass is 16.6. The normalized spacial score (nSPS) is 12.5. The summed E-state index contributed by atoms with van der Waals surface area (Å²) in [5.41, 5.74) is 0. The second-order valence-corrected chi connectivity index (χ2v) is 13.1. The van der Waals surface area contributed by atoms with Gasteiger partial charge in [-0.15, -0.1) is 0 Å². The quantitative estimate of drug-likeness (QED) is 0.0410. The van der Waals surface area contributed by atoms with Crippen LogP contribution in [-0.2, 0) is 28.6 Å². The molecule has 0 aliphatic heterocycles. The Morgan fingerprint density at radius 1 is 0.455 bits per heavy atom. The van der Waals surface area contributed by atoms with Gasteiger partial charge >= 0.3 is 17.9 Å². The minimum Gasteiger partial charge on any atom is -0.462 e. The van der Waals surface area contributed by atoms with Gasteiger partial charge in [-0.3, -0.25) is 14.4 Å². The largest absolute Gasteiger partial charge is 0.462 e. The SMILES string of the molecule is CCCCCCCCCC(=O)OC[C@@H](COC(=O)CCCCCCC)OC(=O)CCCCCCCCCCCCC(C)CC. The predicted octanol–water partition coefficient (Wildman–Crippen LogP) is 11.2. The van der Waals surface area contributed by atoms with Gasteiger partial charge in [0.2, 0.25) is 0 Å². The fourth-order valence-corrected chi connectivity index (χ4v) is 5.36. The van der Waals surface area contributed by atoms with Crippen molar-refractivity contribution in [1.29, 1.82) is 0 Å². The Kier molecular flexibility index (Phi) is 31.6. The lowest BCUT2D eigenvalue weighted by molar-refractivity contribution is -0.167. The third kappa shape index (κ3) is 30.4. The van der Waals surface area contributed by atoms with Gasteiger partial charge in [0, 0.05) is 19.3 Å². The molecule has 6 heteroatoms. The maximum absolute atomic E-state index is 12.6. The molecule has 0 spiro atoms. The van der Waals surface area contributed by atoms with Crippen LogP contribution in [0.4, 0.5) is 0 Å². The first-order chi connectivity index (χ1) is 21.4. The van der Waals surface area contributed by atoms with Gasteiger partial charge in [0.15, 0.2) is 6.10 Å². The van der Waals surface area contributed by atoms with Crippen molar-refractivity contribution in [3.63, 3.8) is 0 Å². The van der Waals surface area contributed by atoms with Crippen LogP contribution >= 0.6 is 0 Å². The van der Waals surface area contributed by atoms with E-state index in [2.05, 4.69) is 27.7 Å². The Bertz CT molecular complexity index is 664. The van der Waals surface area contributed by atoms with E-state index in [0.29, 0.717) is 19.3 Å². The number of carbonyl (C=O) groups excluding carboxylic acids is 3. The fourth-order valence-electron chi connectivity index (χ4n) is 5.36. The maximum atomic E-state index is 12.6. The molecule has 0 aliphatic rings. The summed E-state index contributed by atoms with van der Waals surface area (Å²) in [7, 11) is 0. The van der Waals surface area contributed by atoms with E-state index in [1.54, 1.807) is 0 Å². The van der Waals surface area contributed by atoms with Crippen molar-refractivity contribution >= 4 is 17.9 Å². The molecule has 0 saturated carbocycles. The number of hydrogen-bond acceptors (Lipinski definition) is 6. The second-order valence-electron chi connectivity index (χ2n) is 13.1. The van der Waals surface area contributed by atoms with Gasteiger partial charge < -0.3 is 14.2 Å². The van der Waals surface area contributed by atoms with Gasteiger partial charge in [-0.25, -0.2) is 0 Å². The third-order valence-electron chi connectivity index (χ3n) is 8.65. The van der Waals surface area contributed by atoms with Crippen LogP contribution < -0.4 is 0 Å². The molecular formula is C38H72O6. The van der Waals surface area contributed by atoms with Crippen molar-refractivity contribution in [2.24, 2.45) is 5.92 Å². The van der Waals surface area contributed by atoms with Crippen molar-refractivity contribution in [1.82, 2.24) is 0 Å². The van der Waals surface area contributed by atoms with Crippen LogP contribution in [0.25, 0.3) is 0 Å². The van der Waals surface area contributed by atoms with E-state index in [1.165, 1.54) is 89.9 Å². The number of esters is 3. The molecule has 1 unspecified atom stereocenters. The summed E-state index contributed by atoms with van der Waals surface area (Å²) >= 11 is 0. The Morgan fingerprint density at radius 3 is 1.18 bits per heavy atom. The van der Waals surface area contributed by atoms with Crippen LogP contribution in [-0.4, -0.2) is 37.2 Å². The van der Waals surface area contributed by atoms with Gasteiger partial charge in [-0.1, -0.05) is 163 Å². The van der Waals surface area contributed by atoms with Crippen LogP contribution in [0.5, 0.6) is 0 Å². The van der Waals surface area contributed by atoms with Crippen LogP contribution in [0, 0.1) is 5.92 Å². The third-order valence-corrected chi connectivity index (χ3v) is 8.65. The molecule has 0 aliphatic carbocycles. The fraction of sp³-hybridized carbons (Fsp3) is 0.921. The van der Waals surface area contributed by atoms with E-state index < -0.39 is 6.10 Å². The average Bonchev–Trinajstić information content (AvgIpc) is 3.02. The predicted molar refractivity (Wildman–Crippen MR) is 183 cm³/mol. The number of ether oxygens (including phenoxy) is 3. The van der Waals surface area contributed by atoms with Gasteiger partial charge in [-0.2, -0.15) is 0 Å². The Labute approximate surface area is 272 Å². The molecule has 6 nitrogen and oxygen atoms in total. The Hall–Kier alpha value is -1.59. The van der Waals surface area contributed by atoms with Gasteiger partial charge in [0.1, 0.15) is 13.2 Å². The van der Waals surface area contributed by atoms with E-state index in [0.717, 1.165) is 70.1 Å². The molecule has 260 valence electrons. The number of rotatable bonds is 33. The molecule has 0 radical (unpaired) electrons. The lowest BCUT2D eigenvalue weighted by Crippen LogP contribution is -2.30. The lowest BCUT2D eigenvalue weighted by Gasteiger charge is -2.18. The molecule has 2 atom stereocenters. The van der Waals surface area contributed by atoms with Gasteiger partial charge in [-0.05, 0) is 25.2 Å². The zero-order chi connectivity index (χ0) is 32.5. The molecule has 44 heavy (non-hydrogen) atoms. The van der Waals surface area contributed by atoms with Crippen molar-refractivity contribution in [2.45, 2.75) is 207 Å². The Morgan fingerprint density at radius 2 is 0.795 bits per heavy atom. The highest BCUT2D eigenvalue weighted by Crippen LogP contribution is 2.16. The molecule has 0 heterocycles. The van der Waals surface area contributed by atoms with E-state index in [-0.39, 0.29) is 31.1 Å². The molecule has 0 N–H and O–H groups in total. The molecule has 0 aromatic carbocycles. The number of unbranched alkanes of at least 4 members (excludes halogenated alkanes) is 19. The highest BCUT2D eigenvalue weighted by molar-refractivity contribution is 5.71. The molecule has 0 aromatic rings. The zero-order valence-corrected chi connectivity index (χ0v) is 29.6. The summed E-state index contributed by atoms with van der Waals surface area (Å²) in [6, 6.07) is 0. The maximum Gasteiger partial charge on any atom is 0.306 e. The summed E-state index contributed by atoms with van der Waals surface area (Å²) in [4.78, 5) is 37.1. The zero-order valence-electron chi connectivity index (χ0n) is 29.6. The van der Waals surface area contributed by atoms with Crippen LogP contribution in [0.2, 0.25) is 0 Å². The first kappa shape index (κ1) is 42.4. The summed E-state index contributed by atoms with van der Waals surface area (Å²) in [5.74, 6) is -0.0187. The summed E-state index contributed by atoms with van der Waals surface area (Å²) in [5, 5.41) is 0. The van der Waals surface area contributed by atoms with Crippen molar-refractivity contribution < 1.29 is 28.6 Å². The number of carbonyl (C=O) groups is 3. The minimum absolute atomic E-state index is 0.0670. The van der Waals surface area contributed by atoms with Crippen LogP contribution in [0.3, 0.4) is 0 Å². The highest BCUT2D eigenvalue weighted by Gasteiger charge is 2.19. The topological polar surface area (TPSA) is 78.9 Å². The van der Waals surface area contributed by atoms with Crippen molar-refractivity contribution in [3.8, 4) is 0 Å². The molecule has 0 saturated heterocycles. The van der Waals surface area contributed by atoms with Gasteiger partial charge in [0.25, 0.3) is 0 Å². The van der Waals surface area contributed by atoms with Crippen molar-refractivity contribution in [3.05, 3.63) is 0 Å². The van der Waals surface area contributed by atoms with E-state index >= 15 is 0 Å². The second kappa shape index (κ2) is 32.8. The molecule has 0 bridgehead atoms. The summed E-state index contributed by atoms with van der Waals surface area (Å²) in [6.07, 6.45) is 28.3. The van der Waals surface area contributed by atoms with Crippen LogP contribution in [0.15, 0.2) is 0 Å². The van der Waals surface area contributed by atoms with E-state index in [4.69, 9.17) is 14.2 Å². The first-order valence-corrected chi connectivity index (χ1v) is 18.9. The van der Waals surface area contributed by atoms with E-state index in [9.17, 15) is 14.4 Å². The average molecular weight is 625 g/mol. The molecule has 0 aromatic heterocycles. The van der Waals surface area contributed by atoms with Crippen LogP contribution in [0.1, 0.15) is 201 Å². The minimum atomic E-state index is -0.755. The smallest absolute Gasteiger partial charge is 0.306 e. The molecular weight excluding hydrogens is 552 g/mol. The summed E-state index contributed by atoms with van der Waals surface area (Å²) in [6.45, 7) is 8.86. The summed E-state index contributed by atoms with van der Waals surface area (Å²) < 4.78 is 16.4. The molecule has 0 rings (SSSR count). The molecule has 0 fully saturated rings. The first-order valence-electron chi connectivity index (χ1n) is 18.9. The number of hydrogen-bond donors (Lipinski definition) is 0. The lowest BCUT2D eigenvalue weighted by atomic mass is 9.99. The molecule has 0 amide bonds.